The highest BCUT2D eigenvalue weighted by molar-refractivity contribution is 6.31. The number of aliphatic hydroxyl groups excluding tert-OH is 5. The molecule has 2 fully saturated rings. The third-order valence-corrected chi connectivity index (χ3v) is 8.97. The van der Waals surface area contributed by atoms with Crippen LogP contribution in [0.5, 0.6) is 5.75 Å². The third-order valence-electron chi connectivity index (χ3n) is 8.60. The first-order valence-corrected chi connectivity index (χ1v) is 16.5. The van der Waals surface area contributed by atoms with Gasteiger partial charge in [-0.3, -0.25) is 4.98 Å². The summed E-state index contributed by atoms with van der Waals surface area (Å²) in [6.45, 7) is -0.363. The van der Waals surface area contributed by atoms with Crippen molar-refractivity contribution in [3.8, 4) is 16.9 Å². The molecule has 0 saturated heterocycles. The number of carbonyl (C=O) groups excluding carboxylic acids is 1. The minimum absolute atomic E-state index is 0.293. The average molecular weight is 670 g/mol. The fourth-order valence-electron chi connectivity index (χ4n) is 5.46. The maximum absolute atomic E-state index is 12.1. The second kappa shape index (κ2) is 16.2. The molecule has 1 heterocycles. The van der Waals surface area contributed by atoms with E-state index in [4.69, 9.17) is 26.2 Å². The number of ether oxygens (including phenoxy) is 2. The van der Waals surface area contributed by atoms with E-state index < -0.39 is 42.7 Å². The number of amides is 2. The summed E-state index contributed by atoms with van der Waals surface area (Å²) in [7, 11) is 0. The van der Waals surface area contributed by atoms with E-state index in [0.717, 1.165) is 72.1 Å². The summed E-state index contributed by atoms with van der Waals surface area (Å²) < 4.78 is 12.8. The van der Waals surface area contributed by atoms with Crippen LogP contribution in [0.3, 0.4) is 0 Å². The molecule has 2 aromatic carbocycles. The second-order valence-electron chi connectivity index (χ2n) is 12.3. The fraction of sp³-hybridized carbons (Fsp3) is 0.486. The number of nitrogens with zero attached hydrogens (tertiary/aromatic N) is 1. The Labute approximate surface area is 279 Å². The smallest absolute Gasteiger partial charge is 0.314 e. The summed E-state index contributed by atoms with van der Waals surface area (Å²) in [5.74, 6) is 0.885. The van der Waals surface area contributed by atoms with E-state index >= 15 is 0 Å². The maximum atomic E-state index is 12.1. The van der Waals surface area contributed by atoms with Crippen molar-refractivity contribution in [3.05, 3.63) is 82.6 Å². The standard InChI is InChI=1S/C35H44ClN3O8/c36-28-11-8-22(5-3-4-15-38-34(45)39-19-29(41)32(43)33(44)30(42)20-40)17-23(28)21-46-35(13-14-35)27-18-37-16-12-25(27)26-6-1-2-7-31(26)47-24-9-10-24/h1-2,6-8,11-12,16-18,24,29-30,32-33,40-44H,3-5,9-10,13-15,19-21H2,(H2,38,39,45)/t29-,30+,32+,33+/m0/s1. The SMILES string of the molecule is O=C(NCCCCc1ccc(Cl)c(COC2(c3cnccc3-c3ccccc3OC3CC3)CC2)c1)NC[C@H](O)[C@@H](O)[C@H](O)[C@H](O)CO. The van der Waals surface area contributed by atoms with E-state index in [1.807, 2.05) is 48.8 Å². The molecule has 3 aromatic rings. The van der Waals surface area contributed by atoms with Crippen molar-refractivity contribution >= 4 is 17.6 Å². The Kier molecular flexibility index (Phi) is 12.1. The highest BCUT2D eigenvalue weighted by Crippen LogP contribution is 2.53. The predicted molar refractivity (Wildman–Crippen MR) is 176 cm³/mol. The molecule has 2 saturated carbocycles. The van der Waals surface area contributed by atoms with E-state index in [1.165, 1.54) is 0 Å². The number of para-hydroxylation sites is 1. The lowest BCUT2D eigenvalue weighted by Crippen LogP contribution is -2.50. The largest absolute Gasteiger partial charge is 0.490 e. The lowest BCUT2D eigenvalue weighted by Gasteiger charge is -2.25. The molecule has 2 aliphatic carbocycles. The van der Waals surface area contributed by atoms with Gasteiger partial charge in [-0.05, 0) is 79.8 Å². The Bertz CT molecular complexity index is 1480. The summed E-state index contributed by atoms with van der Waals surface area (Å²) in [5.41, 5.74) is 4.76. The Hall–Kier alpha value is -3.29. The molecule has 1 aromatic heterocycles. The summed E-state index contributed by atoms with van der Waals surface area (Å²) >= 11 is 6.59. The molecule has 0 bridgehead atoms. The first-order chi connectivity index (χ1) is 22.7. The van der Waals surface area contributed by atoms with E-state index in [0.29, 0.717) is 30.7 Å². The molecule has 11 nitrogen and oxygen atoms in total. The van der Waals surface area contributed by atoms with Crippen molar-refractivity contribution in [1.82, 2.24) is 15.6 Å². The Morgan fingerprint density at radius 1 is 0.979 bits per heavy atom. The molecule has 0 unspecified atom stereocenters. The quantitative estimate of drug-likeness (QED) is 0.100. The number of rotatable bonds is 18. The minimum Gasteiger partial charge on any atom is -0.490 e. The van der Waals surface area contributed by atoms with Gasteiger partial charge in [-0.1, -0.05) is 41.9 Å². The number of unbranched alkanes of at least 4 members (excludes halogenated alkanes) is 1. The molecule has 4 atom stereocenters. The third kappa shape index (κ3) is 9.41. The number of urea groups is 1. The van der Waals surface area contributed by atoms with Gasteiger partial charge in [0.1, 0.15) is 24.1 Å². The number of pyridine rings is 1. The molecule has 0 aliphatic heterocycles. The summed E-state index contributed by atoms with van der Waals surface area (Å²) in [4.78, 5) is 16.5. The molecule has 7 N–H and O–H groups in total. The van der Waals surface area contributed by atoms with Gasteiger partial charge in [0.05, 0.1) is 31.0 Å². The van der Waals surface area contributed by atoms with Crippen LogP contribution < -0.4 is 15.4 Å². The molecule has 2 aliphatic rings. The van der Waals surface area contributed by atoms with E-state index in [1.54, 1.807) is 0 Å². The molecule has 0 spiro atoms. The van der Waals surface area contributed by atoms with Crippen LogP contribution in [0.4, 0.5) is 4.79 Å². The van der Waals surface area contributed by atoms with Gasteiger partial charge in [-0.25, -0.2) is 4.79 Å². The number of aryl methyl sites for hydroxylation is 1. The Morgan fingerprint density at radius 3 is 2.49 bits per heavy atom. The Balaban J connectivity index is 1.09. The summed E-state index contributed by atoms with van der Waals surface area (Å²) in [6, 6.07) is 15.6. The predicted octanol–water partition coefficient (Wildman–Crippen LogP) is 3.21. The van der Waals surface area contributed by atoms with Crippen molar-refractivity contribution in [2.75, 3.05) is 19.7 Å². The average Bonchev–Trinajstić information content (AvgIpc) is 4.04. The van der Waals surface area contributed by atoms with E-state index in [9.17, 15) is 25.2 Å². The van der Waals surface area contributed by atoms with Gasteiger partial charge in [0.15, 0.2) is 0 Å². The molecule has 12 heteroatoms. The first kappa shape index (κ1) is 35.0. The second-order valence-corrected chi connectivity index (χ2v) is 12.7. The number of benzene rings is 2. The highest BCUT2D eigenvalue weighted by Gasteiger charge is 2.48. The Morgan fingerprint density at radius 2 is 1.74 bits per heavy atom. The highest BCUT2D eigenvalue weighted by atomic mass is 35.5. The van der Waals surface area contributed by atoms with Crippen LogP contribution in [0.15, 0.2) is 60.9 Å². The number of carbonyl (C=O) groups is 1. The number of aromatic nitrogens is 1. The number of hydrogen-bond donors (Lipinski definition) is 7. The monoisotopic (exact) mass is 669 g/mol. The molecule has 0 radical (unpaired) electrons. The van der Waals surface area contributed by atoms with Gasteiger partial charge in [-0.15, -0.1) is 0 Å². The van der Waals surface area contributed by atoms with Crippen molar-refractivity contribution in [1.29, 1.82) is 0 Å². The van der Waals surface area contributed by atoms with Crippen molar-refractivity contribution in [2.24, 2.45) is 0 Å². The number of halogens is 1. The van der Waals surface area contributed by atoms with Crippen molar-refractivity contribution in [3.63, 3.8) is 0 Å². The molecule has 47 heavy (non-hydrogen) atoms. The van der Waals surface area contributed by atoms with Gasteiger partial charge in [0.2, 0.25) is 0 Å². The van der Waals surface area contributed by atoms with Crippen LogP contribution in [-0.2, 0) is 23.4 Å². The van der Waals surface area contributed by atoms with Crippen LogP contribution in [0.25, 0.3) is 11.1 Å². The molecular weight excluding hydrogens is 626 g/mol. The van der Waals surface area contributed by atoms with Crippen LogP contribution in [0.2, 0.25) is 5.02 Å². The molecule has 5 rings (SSSR count). The van der Waals surface area contributed by atoms with Crippen LogP contribution in [0.1, 0.15) is 55.2 Å². The molecule has 254 valence electrons. The van der Waals surface area contributed by atoms with Gasteiger partial charge in [0.25, 0.3) is 0 Å². The van der Waals surface area contributed by atoms with Crippen LogP contribution in [-0.4, -0.2) is 86.8 Å². The zero-order valence-corrected chi connectivity index (χ0v) is 27.0. The molecule has 2 amide bonds. The fourth-order valence-corrected chi connectivity index (χ4v) is 5.64. The van der Waals surface area contributed by atoms with Gasteiger partial charge in [-0.2, -0.15) is 0 Å². The maximum Gasteiger partial charge on any atom is 0.314 e. The summed E-state index contributed by atoms with van der Waals surface area (Å²) in [6.07, 6.45) is 3.65. The lowest BCUT2D eigenvalue weighted by atomic mass is 9.96. The van der Waals surface area contributed by atoms with E-state index in [-0.39, 0.29) is 6.54 Å². The van der Waals surface area contributed by atoms with Gasteiger partial charge in [0, 0.05) is 41.6 Å². The lowest BCUT2D eigenvalue weighted by molar-refractivity contribution is -0.113. The number of nitrogens with one attached hydrogen (secondary N) is 2. The number of hydrogen-bond acceptors (Lipinski definition) is 9. The van der Waals surface area contributed by atoms with E-state index in [2.05, 4.69) is 27.8 Å². The van der Waals surface area contributed by atoms with Crippen LogP contribution in [0, 0.1) is 0 Å². The number of aliphatic hydroxyl groups is 5. The minimum atomic E-state index is -1.75. The van der Waals surface area contributed by atoms with Gasteiger partial charge < -0.3 is 45.6 Å². The first-order valence-electron chi connectivity index (χ1n) is 16.2. The van der Waals surface area contributed by atoms with Crippen molar-refractivity contribution in [2.45, 2.75) is 87.7 Å². The summed E-state index contributed by atoms with van der Waals surface area (Å²) in [5, 5.41) is 53.4. The zero-order chi connectivity index (χ0) is 33.4. The molecular formula is C35H44ClN3O8. The normalized spacial score (nSPS) is 17.7. The van der Waals surface area contributed by atoms with Crippen molar-refractivity contribution < 1.29 is 39.8 Å². The van der Waals surface area contributed by atoms with Gasteiger partial charge >= 0.3 is 6.03 Å². The topological polar surface area (TPSA) is 174 Å². The zero-order valence-electron chi connectivity index (χ0n) is 26.2. The van der Waals surface area contributed by atoms with Crippen LogP contribution >= 0.6 is 11.6 Å².